The normalized spacial score (nSPS) is 11.1. The lowest BCUT2D eigenvalue weighted by Gasteiger charge is -2.08. The molecule has 0 aliphatic rings. The van der Waals surface area contributed by atoms with Crippen LogP contribution in [0.5, 0.6) is 5.75 Å². The van der Waals surface area contributed by atoms with Crippen LogP contribution in [0.3, 0.4) is 0 Å². The van der Waals surface area contributed by atoms with Crippen LogP contribution in [0.25, 0.3) is 0 Å². The number of unbranched alkanes of at least 4 members (excludes halogenated alkanes) is 4. The fraction of sp³-hybridized carbons (Fsp3) is 0.333. The lowest BCUT2D eigenvalue weighted by atomic mass is 10.1. The Morgan fingerprint density at radius 2 is 1.64 bits per heavy atom. The van der Waals surface area contributed by atoms with Crippen molar-refractivity contribution in [2.75, 3.05) is 0 Å². The van der Waals surface area contributed by atoms with Crippen LogP contribution >= 0.6 is 0 Å². The standard InChI is InChI=1S/C23H25N3O3.C7H14N2O/c1-3-5-6-7-8-9-22(28)24-23(29)18-10-12-19(13-11-18)25-26-20-14-15-21(27)17(4-2)16-20;1-5(8)3-4-7(9)6(2)10/h2,10-16,27H,3,5-9H2,1H3,(H,24,28,29);7,10H,1-4,8-9H2. The Labute approximate surface area is 230 Å². The van der Waals surface area contributed by atoms with Gasteiger partial charge in [-0.15, -0.1) is 6.42 Å². The number of phenolic OH excluding ortho intramolecular Hbond substituents is 1. The summed E-state index contributed by atoms with van der Waals surface area (Å²) in [7, 11) is 0. The van der Waals surface area contributed by atoms with Crippen LogP contribution in [-0.2, 0) is 4.79 Å². The molecule has 0 radical (unpaired) electrons. The number of allylic oxidation sites excluding steroid dienone is 1. The van der Waals surface area contributed by atoms with Crippen molar-refractivity contribution in [1.29, 1.82) is 0 Å². The number of aromatic hydroxyl groups is 1. The van der Waals surface area contributed by atoms with Gasteiger partial charge in [-0.3, -0.25) is 14.9 Å². The first-order valence-corrected chi connectivity index (χ1v) is 12.8. The highest BCUT2D eigenvalue weighted by atomic mass is 16.3. The Kier molecular flexibility index (Phi) is 15.0. The fourth-order valence-electron chi connectivity index (χ4n) is 3.15. The van der Waals surface area contributed by atoms with Gasteiger partial charge in [0.25, 0.3) is 5.91 Å². The second kappa shape index (κ2) is 17.9. The minimum absolute atomic E-state index is 0.00116. The Morgan fingerprint density at radius 1 is 1.03 bits per heavy atom. The molecule has 0 saturated carbocycles. The SMILES string of the molecule is C#Cc1cc(N=Nc2ccc(C(=O)NC(=O)CCCCCCC)cc2)ccc1O.C=C(N)CCC(N)C(=C)O. The van der Waals surface area contributed by atoms with Gasteiger partial charge in [0, 0.05) is 17.7 Å². The quantitative estimate of drug-likeness (QED) is 0.0911. The molecule has 7 N–H and O–H groups in total. The number of carbonyl (C=O) groups excluding carboxylic acids is 2. The van der Waals surface area contributed by atoms with Crippen LogP contribution in [0.1, 0.15) is 74.2 Å². The summed E-state index contributed by atoms with van der Waals surface area (Å²) in [5.74, 6) is 1.70. The third kappa shape index (κ3) is 13.6. The van der Waals surface area contributed by atoms with Crippen molar-refractivity contribution in [2.45, 2.75) is 64.3 Å². The molecular weight excluding hydrogens is 494 g/mol. The maximum absolute atomic E-state index is 12.2. The number of benzene rings is 2. The van der Waals surface area contributed by atoms with E-state index in [1.807, 2.05) is 0 Å². The summed E-state index contributed by atoms with van der Waals surface area (Å²) in [6.45, 7) is 8.93. The van der Waals surface area contributed by atoms with Gasteiger partial charge in [-0.05, 0) is 61.7 Å². The highest BCUT2D eigenvalue weighted by molar-refractivity contribution is 6.04. The summed E-state index contributed by atoms with van der Waals surface area (Å²) in [6.07, 6.45) is 12.1. The van der Waals surface area contributed by atoms with Gasteiger partial charge in [-0.25, -0.2) is 0 Å². The first kappa shape index (κ1) is 32.6. The van der Waals surface area contributed by atoms with Gasteiger partial charge in [-0.2, -0.15) is 10.2 Å². The van der Waals surface area contributed by atoms with Crippen molar-refractivity contribution < 1.29 is 19.8 Å². The van der Waals surface area contributed by atoms with Crippen molar-refractivity contribution in [2.24, 2.45) is 21.7 Å². The Bertz CT molecular complexity index is 1180. The van der Waals surface area contributed by atoms with Crippen LogP contribution in [0.2, 0.25) is 0 Å². The maximum Gasteiger partial charge on any atom is 0.257 e. The van der Waals surface area contributed by atoms with E-state index in [0.29, 0.717) is 47.5 Å². The molecule has 39 heavy (non-hydrogen) atoms. The Hall–Kier alpha value is -4.42. The molecule has 0 aliphatic heterocycles. The molecule has 9 heteroatoms. The number of rotatable bonds is 13. The molecular formula is C30H39N5O4. The molecule has 0 aliphatic carbocycles. The molecule has 2 amide bonds. The number of terminal acetylenes is 1. The zero-order chi connectivity index (χ0) is 29.2. The van der Waals surface area contributed by atoms with Crippen LogP contribution in [0.4, 0.5) is 11.4 Å². The molecule has 2 rings (SSSR count). The summed E-state index contributed by atoms with van der Waals surface area (Å²) in [6, 6.07) is 10.7. The number of nitrogens with two attached hydrogens (primary N) is 2. The second-order valence-corrected chi connectivity index (χ2v) is 8.93. The molecule has 0 saturated heterocycles. The van der Waals surface area contributed by atoms with Crippen molar-refractivity contribution in [3.63, 3.8) is 0 Å². The van der Waals surface area contributed by atoms with E-state index in [1.54, 1.807) is 36.4 Å². The molecule has 0 spiro atoms. The van der Waals surface area contributed by atoms with Gasteiger partial charge in [0.1, 0.15) is 11.5 Å². The largest absolute Gasteiger partial charge is 0.511 e. The molecule has 0 fully saturated rings. The van der Waals surface area contributed by atoms with Gasteiger partial charge in [0.2, 0.25) is 5.91 Å². The fourth-order valence-corrected chi connectivity index (χ4v) is 3.15. The molecule has 2 aromatic carbocycles. The highest BCUT2D eigenvalue weighted by Crippen LogP contribution is 2.24. The zero-order valence-electron chi connectivity index (χ0n) is 22.5. The van der Waals surface area contributed by atoms with Crippen molar-refractivity contribution in [1.82, 2.24) is 5.32 Å². The predicted octanol–water partition coefficient (Wildman–Crippen LogP) is 6.04. The first-order valence-electron chi connectivity index (χ1n) is 12.8. The molecule has 0 aromatic heterocycles. The van der Waals surface area contributed by atoms with E-state index in [1.165, 1.54) is 12.5 Å². The summed E-state index contributed by atoms with van der Waals surface area (Å²) < 4.78 is 0. The molecule has 0 bridgehead atoms. The van der Waals surface area contributed by atoms with Crippen LogP contribution < -0.4 is 16.8 Å². The molecule has 0 heterocycles. The first-order chi connectivity index (χ1) is 18.6. The topological polar surface area (TPSA) is 163 Å². The van der Waals surface area contributed by atoms with E-state index in [-0.39, 0.29) is 23.5 Å². The second-order valence-electron chi connectivity index (χ2n) is 8.93. The number of aliphatic hydroxyl groups is 1. The number of phenols is 1. The molecule has 1 unspecified atom stereocenters. The average Bonchev–Trinajstić information content (AvgIpc) is 2.91. The predicted molar refractivity (Wildman–Crippen MR) is 155 cm³/mol. The number of azo groups is 1. The number of hydrogen-bond acceptors (Lipinski definition) is 8. The number of hydrogen-bond donors (Lipinski definition) is 5. The zero-order valence-corrected chi connectivity index (χ0v) is 22.5. The molecule has 9 nitrogen and oxygen atoms in total. The summed E-state index contributed by atoms with van der Waals surface area (Å²) in [4.78, 5) is 24.0. The van der Waals surface area contributed by atoms with E-state index < -0.39 is 5.91 Å². The Balaban J connectivity index is 0.000000646. The Morgan fingerprint density at radius 3 is 2.23 bits per heavy atom. The van der Waals surface area contributed by atoms with Gasteiger partial charge >= 0.3 is 0 Å². The van der Waals surface area contributed by atoms with Crippen LogP contribution in [0.15, 0.2) is 77.3 Å². The van der Waals surface area contributed by atoms with Crippen LogP contribution in [-0.4, -0.2) is 28.1 Å². The van der Waals surface area contributed by atoms with Crippen molar-refractivity contribution in [3.05, 3.63) is 78.2 Å². The lowest BCUT2D eigenvalue weighted by molar-refractivity contribution is -0.120. The van der Waals surface area contributed by atoms with E-state index in [4.69, 9.17) is 23.0 Å². The molecule has 1 atom stereocenters. The summed E-state index contributed by atoms with van der Waals surface area (Å²) in [5.41, 5.74) is 13.0. The number of imide groups is 1. The average molecular weight is 534 g/mol. The number of aliphatic hydroxyl groups excluding tert-OH is 1. The lowest BCUT2D eigenvalue weighted by Crippen LogP contribution is -2.30. The van der Waals surface area contributed by atoms with E-state index in [9.17, 15) is 14.7 Å². The van der Waals surface area contributed by atoms with E-state index >= 15 is 0 Å². The van der Waals surface area contributed by atoms with Crippen molar-refractivity contribution >= 4 is 23.2 Å². The maximum atomic E-state index is 12.2. The highest BCUT2D eigenvalue weighted by Gasteiger charge is 2.10. The number of carbonyl (C=O) groups is 2. The molecule has 2 aromatic rings. The number of amides is 2. The van der Waals surface area contributed by atoms with Crippen LogP contribution in [0, 0.1) is 12.3 Å². The molecule has 208 valence electrons. The van der Waals surface area contributed by atoms with Crippen molar-refractivity contribution in [3.8, 4) is 18.1 Å². The summed E-state index contributed by atoms with van der Waals surface area (Å²) >= 11 is 0. The summed E-state index contributed by atoms with van der Waals surface area (Å²) in [5, 5.41) is 28.9. The van der Waals surface area contributed by atoms with Gasteiger partial charge in [-0.1, -0.05) is 51.7 Å². The third-order valence-corrected chi connectivity index (χ3v) is 5.51. The number of nitrogens with one attached hydrogen (secondary N) is 1. The minimum atomic E-state index is -0.427. The monoisotopic (exact) mass is 533 g/mol. The van der Waals surface area contributed by atoms with E-state index in [0.717, 1.165) is 25.7 Å². The smallest absolute Gasteiger partial charge is 0.257 e. The van der Waals surface area contributed by atoms with Gasteiger partial charge in [0.05, 0.1) is 23.0 Å². The number of nitrogens with zero attached hydrogens (tertiary/aromatic N) is 2. The van der Waals surface area contributed by atoms with Gasteiger partial charge < -0.3 is 21.7 Å². The van der Waals surface area contributed by atoms with Gasteiger partial charge in [0.15, 0.2) is 0 Å². The third-order valence-electron chi connectivity index (χ3n) is 5.51. The van der Waals surface area contributed by atoms with E-state index in [2.05, 4.69) is 41.5 Å². The minimum Gasteiger partial charge on any atom is -0.511 e.